The second-order valence-electron chi connectivity index (χ2n) is 5.15. The van der Waals surface area contributed by atoms with E-state index in [4.69, 9.17) is 5.11 Å². The number of carboxylic acid groups (broad SMARTS) is 1. The Hall–Kier alpha value is -3.09. The summed E-state index contributed by atoms with van der Waals surface area (Å²) in [6.07, 6.45) is 0. The molecular weight excluding hydrogens is 300 g/mol. The van der Waals surface area contributed by atoms with Gasteiger partial charge in [0, 0.05) is 23.5 Å². The second kappa shape index (κ2) is 6.35. The lowest BCUT2D eigenvalue weighted by atomic mass is 10.2. The molecule has 0 fully saturated rings. The average Bonchev–Trinajstić information content (AvgIpc) is 2.44. The Labute approximate surface area is 131 Å². The third kappa shape index (κ3) is 3.76. The predicted molar refractivity (Wildman–Crippen MR) is 83.9 cm³/mol. The van der Waals surface area contributed by atoms with Gasteiger partial charge in [-0.3, -0.25) is 9.59 Å². The number of carboxylic acids is 1. The van der Waals surface area contributed by atoms with Gasteiger partial charge in [-0.2, -0.15) is 0 Å². The van der Waals surface area contributed by atoms with Crippen molar-refractivity contribution in [2.24, 2.45) is 0 Å². The molecule has 1 aromatic carbocycles. The van der Waals surface area contributed by atoms with Crippen LogP contribution < -0.4 is 10.7 Å². The van der Waals surface area contributed by atoms with Crippen molar-refractivity contribution in [2.45, 2.75) is 20.4 Å². The zero-order chi connectivity index (χ0) is 17.1. The van der Waals surface area contributed by atoms with Crippen LogP contribution in [0.1, 0.15) is 21.7 Å². The van der Waals surface area contributed by atoms with E-state index >= 15 is 0 Å². The number of anilines is 1. The van der Waals surface area contributed by atoms with Crippen LogP contribution >= 0.6 is 0 Å². The van der Waals surface area contributed by atoms with Gasteiger partial charge in [0.1, 0.15) is 12.3 Å². The number of carbonyl (C=O) groups excluding carboxylic acids is 1. The molecule has 0 atom stereocenters. The fourth-order valence-corrected chi connectivity index (χ4v) is 2.24. The first kappa shape index (κ1) is 16.3. The van der Waals surface area contributed by atoms with Crippen LogP contribution in [-0.4, -0.2) is 26.7 Å². The van der Waals surface area contributed by atoms with Crippen LogP contribution in [0.4, 0.5) is 5.69 Å². The molecule has 0 saturated carbocycles. The minimum absolute atomic E-state index is 0.0297. The van der Waals surface area contributed by atoms with Gasteiger partial charge in [0.25, 0.3) is 0 Å². The number of hydrogen-bond donors (Lipinski definition) is 3. The maximum Gasteiger partial charge on any atom is 0.335 e. The van der Waals surface area contributed by atoms with E-state index in [1.807, 2.05) is 0 Å². The number of aromatic carboxylic acids is 1. The molecule has 2 aromatic rings. The van der Waals surface area contributed by atoms with Crippen molar-refractivity contribution in [1.82, 2.24) is 4.57 Å². The molecule has 3 N–H and O–H groups in total. The number of pyridine rings is 1. The van der Waals surface area contributed by atoms with Crippen LogP contribution in [0, 0.1) is 13.8 Å². The van der Waals surface area contributed by atoms with Crippen LogP contribution in [0.5, 0.6) is 5.75 Å². The van der Waals surface area contributed by atoms with Gasteiger partial charge in [-0.05, 0) is 32.0 Å². The molecule has 1 aromatic heterocycles. The predicted octanol–water partition coefficient (Wildman–Crippen LogP) is 1.51. The fraction of sp³-hybridized carbons (Fsp3) is 0.188. The summed E-state index contributed by atoms with van der Waals surface area (Å²) in [5, 5.41) is 21.1. The Morgan fingerprint density at radius 2 is 1.74 bits per heavy atom. The number of aromatic nitrogens is 1. The molecule has 2 rings (SSSR count). The molecule has 1 heterocycles. The second-order valence-corrected chi connectivity index (χ2v) is 5.15. The largest absolute Gasteiger partial charge is 0.506 e. The number of phenolic OH excluding ortho intramolecular Hbond substituents is 1. The number of hydrogen-bond acceptors (Lipinski definition) is 4. The summed E-state index contributed by atoms with van der Waals surface area (Å²) in [6.45, 7) is 3.42. The van der Waals surface area contributed by atoms with Crippen molar-refractivity contribution < 1.29 is 19.8 Å². The number of aryl methyl sites for hydroxylation is 2. The standard InChI is InChI=1S/C16H16N2O5/c1-9-5-12(19)6-10(2)18(9)8-15(21)17-13-4-3-11(16(22)23)7-14(13)20/h3-7,20H,8H2,1-2H3,(H,17,21)(H,22,23). The number of amides is 1. The van der Waals surface area contributed by atoms with E-state index < -0.39 is 11.9 Å². The summed E-state index contributed by atoms with van der Waals surface area (Å²) in [4.78, 5) is 34.3. The van der Waals surface area contributed by atoms with E-state index in [1.54, 1.807) is 18.4 Å². The minimum Gasteiger partial charge on any atom is -0.506 e. The maximum atomic E-state index is 12.1. The molecule has 0 bridgehead atoms. The molecule has 0 radical (unpaired) electrons. The summed E-state index contributed by atoms with van der Waals surface area (Å²) in [6, 6.07) is 6.53. The topological polar surface area (TPSA) is 109 Å². The first-order valence-corrected chi connectivity index (χ1v) is 6.82. The summed E-state index contributed by atoms with van der Waals surface area (Å²) in [7, 11) is 0. The van der Waals surface area contributed by atoms with E-state index in [2.05, 4.69) is 5.32 Å². The highest BCUT2D eigenvalue weighted by Gasteiger charge is 2.12. The Bertz CT molecular complexity index is 813. The van der Waals surface area contributed by atoms with Crippen molar-refractivity contribution in [3.8, 4) is 5.75 Å². The van der Waals surface area contributed by atoms with Crippen LogP contribution in [0.15, 0.2) is 35.1 Å². The Kier molecular flexibility index (Phi) is 4.49. The van der Waals surface area contributed by atoms with E-state index in [0.717, 1.165) is 6.07 Å². The number of nitrogens with zero attached hydrogens (tertiary/aromatic N) is 1. The molecule has 0 saturated heterocycles. The first-order chi connectivity index (χ1) is 10.8. The van der Waals surface area contributed by atoms with Crippen molar-refractivity contribution in [3.05, 3.63) is 57.5 Å². The van der Waals surface area contributed by atoms with Crippen LogP contribution in [0.3, 0.4) is 0 Å². The fourth-order valence-electron chi connectivity index (χ4n) is 2.24. The van der Waals surface area contributed by atoms with E-state index in [9.17, 15) is 19.5 Å². The number of phenols is 1. The zero-order valence-corrected chi connectivity index (χ0v) is 12.7. The minimum atomic E-state index is -1.17. The van der Waals surface area contributed by atoms with Gasteiger partial charge in [0.2, 0.25) is 5.91 Å². The number of benzene rings is 1. The summed E-state index contributed by atoms with van der Waals surface area (Å²) < 4.78 is 1.67. The van der Waals surface area contributed by atoms with E-state index in [0.29, 0.717) is 11.4 Å². The lowest BCUT2D eigenvalue weighted by Gasteiger charge is -2.14. The van der Waals surface area contributed by atoms with Crippen molar-refractivity contribution in [2.75, 3.05) is 5.32 Å². The summed E-state index contributed by atoms with van der Waals surface area (Å²) >= 11 is 0. The van der Waals surface area contributed by atoms with Crippen molar-refractivity contribution in [3.63, 3.8) is 0 Å². The van der Waals surface area contributed by atoms with E-state index in [-0.39, 0.29) is 29.0 Å². The van der Waals surface area contributed by atoms with Gasteiger partial charge in [0.15, 0.2) is 5.43 Å². The van der Waals surface area contributed by atoms with Crippen molar-refractivity contribution in [1.29, 1.82) is 0 Å². The number of carbonyl (C=O) groups is 2. The van der Waals surface area contributed by atoms with E-state index in [1.165, 1.54) is 24.3 Å². The first-order valence-electron chi connectivity index (χ1n) is 6.82. The Morgan fingerprint density at radius 3 is 2.26 bits per heavy atom. The maximum absolute atomic E-state index is 12.1. The van der Waals surface area contributed by atoms with Gasteiger partial charge < -0.3 is 20.1 Å². The van der Waals surface area contributed by atoms with Crippen molar-refractivity contribution >= 4 is 17.6 Å². The number of aromatic hydroxyl groups is 1. The Morgan fingerprint density at radius 1 is 1.13 bits per heavy atom. The third-order valence-electron chi connectivity index (χ3n) is 3.37. The lowest BCUT2D eigenvalue weighted by molar-refractivity contribution is -0.116. The smallest absolute Gasteiger partial charge is 0.335 e. The molecular formula is C16H16N2O5. The quantitative estimate of drug-likeness (QED) is 0.741. The lowest BCUT2D eigenvalue weighted by Crippen LogP contribution is -2.23. The van der Waals surface area contributed by atoms with Crippen LogP contribution in [-0.2, 0) is 11.3 Å². The molecule has 23 heavy (non-hydrogen) atoms. The van der Waals surface area contributed by atoms with Gasteiger partial charge in [-0.1, -0.05) is 0 Å². The van der Waals surface area contributed by atoms with Gasteiger partial charge >= 0.3 is 5.97 Å². The molecule has 120 valence electrons. The molecule has 0 aliphatic carbocycles. The highest BCUT2D eigenvalue weighted by Crippen LogP contribution is 2.24. The van der Waals surface area contributed by atoms with Crippen LogP contribution in [0.2, 0.25) is 0 Å². The molecule has 0 aliphatic rings. The molecule has 7 nitrogen and oxygen atoms in total. The Balaban J connectivity index is 2.18. The zero-order valence-electron chi connectivity index (χ0n) is 12.7. The number of rotatable bonds is 4. The van der Waals surface area contributed by atoms with Gasteiger partial charge in [-0.15, -0.1) is 0 Å². The third-order valence-corrected chi connectivity index (χ3v) is 3.37. The molecule has 7 heteroatoms. The molecule has 0 spiro atoms. The normalized spacial score (nSPS) is 10.3. The molecule has 0 unspecified atom stereocenters. The molecule has 0 aliphatic heterocycles. The molecule has 1 amide bonds. The van der Waals surface area contributed by atoms with Crippen LogP contribution in [0.25, 0.3) is 0 Å². The summed E-state index contributed by atoms with van der Waals surface area (Å²) in [5.74, 6) is -1.90. The number of nitrogens with one attached hydrogen (secondary N) is 1. The average molecular weight is 316 g/mol. The van der Waals surface area contributed by atoms with Gasteiger partial charge in [0.05, 0.1) is 11.3 Å². The SMILES string of the molecule is Cc1cc(=O)cc(C)n1CC(=O)Nc1ccc(C(=O)O)cc1O. The van der Waals surface area contributed by atoms with Gasteiger partial charge in [-0.25, -0.2) is 4.79 Å². The monoisotopic (exact) mass is 316 g/mol. The highest BCUT2D eigenvalue weighted by atomic mass is 16.4. The summed E-state index contributed by atoms with van der Waals surface area (Å²) in [5.41, 5.74) is 1.22. The highest BCUT2D eigenvalue weighted by molar-refractivity contribution is 5.94.